The molecule has 2 atom stereocenters. The van der Waals surface area contributed by atoms with Gasteiger partial charge >= 0.3 is 0 Å². The Bertz CT molecular complexity index is 1060. The van der Waals surface area contributed by atoms with E-state index in [4.69, 9.17) is 19.9 Å². The average Bonchev–Trinajstić information content (AvgIpc) is 3.53. The smallest absolute Gasteiger partial charge is 0.188 e. The second kappa shape index (κ2) is 9.86. The van der Waals surface area contributed by atoms with Crippen LogP contribution < -0.4 is 15.4 Å². The van der Waals surface area contributed by atoms with E-state index >= 15 is 0 Å². The minimum Gasteiger partial charge on any atom is -0.467 e. The summed E-state index contributed by atoms with van der Waals surface area (Å²) in [6.45, 7) is 2.65. The highest BCUT2D eigenvalue weighted by molar-refractivity contribution is 5.74. The number of benzene rings is 1. The van der Waals surface area contributed by atoms with Crippen LogP contribution in [0.5, 0.6) is 5.75 Å². The molecule has 5 rings (SSSR count). The molecule has 0 aliphatic carbocycles. The molecule has 4 heterocycles. The lowest BCUT2D eigenvalue weighted by molar-refractivity contribution is -0.0394. The monoisotopic (exact) mass is 450 g/mol. The number of hydrogen-bond acceptors (Lipinski definition) is 8. The Morgan fingerprint density at radius 1 is 1.12 bits per heavy atom. The van der Waals surface area contributed by atoms with Crippen molar-refractivity contribution in [3.8, 4) is 28.1 Å². The molecule has 2 aromatic heterocycles. The molecule has 33 heavy (non-hydrogen) atoms. The quantitative estimate of drug-likeness (QED) is 0.548. The van der Waals surface area contributed by atoms with Crippen molar-refractivity contribution in [3.63, 3.8) is 0 Å². The van der Waals surface area contributed by atoms with Gasteiger partial charge < -0.3 is 24.8 Å². The molecule has 2 unspecified atom stereocenters. The fourth-order valence-electron chi connectivity index (χ4n) is 4.37. The highest BCUT2D eigenvalue weighted by Gasteiger charge is 2.21. The van der Waals surface area contributed by atoms with E-state index in [0.29, 0.717) is 5.75 Å². The predicted octanol–water partition coefficient (Wildman–Crippen LogP) is 3.23. The Labute approximate surface area is 193 Å². The summed E-state index contributed by atoms with van der Waals surface area (Å²) in [4.78, 5) is 2.17. The fraction of sp³-hybridized carbons (Fsp3) is 0.458. The lowest BCUT2D eigenvalue weighted by Gasteiger charge is -2.22. The summed E-state index contributed by atoms with van der Waals surface area (Å²) in [6, 6.07) is 10.2. The Morgan fingerprint density at radius 3 is 2.79 bits per heavy atom. The minimum atomic E-state index is 0.00920. The molecule has 2 fully saturated rings. The highest BCUT2D eigenvalue weighted by Crippen LogP contribution is 2.34. The van der Waals surface area contributed by atoms with Crippen molar-refractivity contribution in [2.75, 3.05) is 38.5 Å². The van der Waals surface area contributed by atoms with Gasteiger partial charge in [0.1, 0.15) is 12.0 Å². The number of rotatable bonds is 7. The molecule has 0 spiro atoms. The zero-order valence-corrected chi connectivity index (χ0v) is 18.9. The van der Waals surface area contributed by atoms with Crippen LogP contribution in [0.1, 0.15) is 31.9 Å². The predicted molar refractivity (Wildman–Crippen MR) is 125 cm³/mol. The number of anilines is 1. The molecule has 0 radical (unpaired) electrons. The molecule has 2 N–H and O–H groups in total. The molecule has 0 bridgehead atoms. The van der Waals surface area contributed by atoms with Crippen molar-refractivity contribution < 1.29 is 14.2 Å². The van der Waals surface area contributed by atoms with E-state index in [2.05, 4.69) is 20.2 Å². The van der Waals surface area contributed by atoms with Gasteiger partial charge in [-0.3, -0.25) is 0 Å². The maximum absolute atomic E-state index is 6.02. The Morgan fingerprint density at radius 2 is 2.06 bits per heavy atom. The van der Waals surface area contributed by atoms with Gasteiger partial charge in [-0.25, -0.2) is 4.68 Å². The summed E-state index contributed by atoms with van der Waals surface area (Å²) in [5.41, 5.74) is 9.63. The second-order valence-electron chi connectivity index (χ2n) is 8.56. The van der Waals surface area contributed by atoms with Crippen molar-refractivity contribution in [2.45, 2.75) is 38.0 Å². The highest BCUT2D eigenvalue weighted by atomic mass is 16.7. The Hall–Kier alpha value is -3.01. The third-order valence-electron chi connectivity index (χ3n) is 6.17. The van der Waals surface area contributed by atoms with E-state index in [-0.39, 0.29) is 19.1 Å². The second-order valence-corrected chi connectivity index (χ2v) is 8.56. The van der Waals surface area contributed by atoms with E-state index in [1.54, 1.807) is 7.11 Å². The van der Waals surface area contributed by atoms with Gasteiger partial charge in [0, 0.05) is 50.2 Å². The van der Waals surface area contributed by atoms with Crippen LogP contribution in [-0.2, 0) is 9.47 Å². The van der Waals surface area contributed by atoms with Gasteiger partial charge in [-0.2, -0.15) is 5.10 Å². The summed E-state index contributed by atoms with van der Waals surface area (Å²) >= 11 is 0. The van der Waals surface area contributed by atoms with Crippen LogP contribution in [0.4, 0.5) is 5.82 Å². The topological polar surface area (TPSA) is 101 Å². The molecular formula is C24H30N6O3. The first kappa shape index (κ1) is 21.8. The summed E-state index contributed by atoms with van der Waals surface area (Å²) in [5, 5.41) is 13.4. The molecule has 0 amide bonds. The molecule has 9 heteroatoms. The Kier molecular flexibility index (Phi) is 6.52. The zero-order valence-electron chi connectivity index (χ0n) is 18.9. The van der Waals surface area contributed by atoms with Crippen molar-refractivity contribution in [2.24, 2.45) is 5.73 Å². The summed E-state index contributed by atoms with van der Waals surface area (Å²) < 4.78 is 18.8. The van der Waals surface area contributed by atoms with Gasteiger partial charge in [0.2, 0.25) is 0 Å². The van der Waals surface area contributed by atoms with Crippen LogP contribution in [0.3, 0.4) is 0 Å². The van der Waals surface area contributed by atoms with Crippen LogP contribution in [0.15, 0.2) is 42.7 Å². The molecule has 1 aromatic carbocycles. The largest absolute Gasteiger partial charge is 0.467 e. The molecule has 174 valence electrons. The lowest BCUT2D eigenvalue weighted by atomic mass is 10.0. The van der Waals surface area contributed by atoms with Crippen LogP contribution in [-0.4, -0.2) is 59.6 Å². The molecular weight excluding hydrogens is 420 g/mol. The van der Waals surface area contributed by atoms with E-state index in [0.717, 1.165) is 73.6 Å². The summed E-state index contributed by atoms with van der Waals surface area (Å²) in [5.74, 6) is 1.53. The van der Waals surface area contributed by atoms with E-state index in [9.17, 15) is 0 Å². The van der Waals surface area contributed by atoms with E-state index < -0.39 is 0 Å². The number of aromatic nitrogens is 4. The zero-order chi connectivity index (χ0) is 22.6. The Balaban J connectivity index is 1.40. The van der Waals surface area contributed by atoms with Crippen molar-refractivity contribution in [1.82, 2.24) is 20.0 Å². The average molecular weight is 451 g/mol. The number of hydrogen-bond donors (Lipinski definition) is 1. The molecule has 2 saturated heterocycles. The third-order valence-corrected chi connectivity index (χ3v) is 6.17. The van der Waals surface area contributed by atoms with Gasteiger partial charge in [-0.15, -0.1) is 10.2 Å². The van der Waals surface area contributed by atoms with Crippen LogP contribution in [0.2, 0.25) is 0 Å². The summed E-state index contributed by atoms with van der Waals surface area (Å²) in [6.07, 6.45) is 8.14. The van der Waals surface area contributed by atoms with Gasteiger partial charge in [-0.1, -0.05) is 6.07 Å². The van der Waals surface area contributed by atoms with Gasteiger partial charge in [0.15, 0.2) is 12.6 Å². The molecule has 9 nitrogen and oxygen atoms in total. The first-order chi connectivity index (χ1) is 16.2. The number of methoxy groups -OCH3 is 1. The lowest BCUT2D eigenvalue weighted by Crippen LogP contribution is -2.27. The van der Waals surface area contributed by atoms with Gasteiger partial charge in [0.05, 0.1) is 11.9 Å². The normalized spacial score (nSPS) is 20.8. The molecule has 2 aliphatic heterocycles. The van der Waals surface area contributed by atoms with Gasteiger partial charge in [0.25, 0.3) is 0 Å². The molecule has 0 saturated carbocycles. The van der Waals surface area contributed by atoms with Crippen LogP contribution in [0, 0.1) is 0 Å². The molecule has 3 aromatic rings. The van der Waals surface area contributed by atoms with Crippen molar-refractivity contribution in [3.05, 3.63) is 42.7 Å². The maximum atomic E-state index is 6.02. The van der Waals surface area contributed by atoms with Gasteiger partial charge in [-0.05, 0) is 55.5 Å². The van der Waals surface area contributed by atoms with E-state index in [1.807, 2.05) is 47.4 Å². The first-order valence-corrected chi connectivity index (χ1v) is 11.5. The third kappa shape index (κ3) is 4.85. The minimum absolute atomic E-state index is 0.00920. The standard InChI is InChI=1S/C24H30N6O3/c1-31-16-33-22-12-17(18-13-26-30(14-18)24-4-2-3-11-32-24)5-6-20(22)21-7-8-23(28-27-21)29-10-9-19(25)15-29/h5-8,12-14,19,24H,2-4,9-11,15-16,25H2,1H3. The maximum Gasteiger partial charge on any atom is 0.188 e. The van der Waals surface area contributed by atoms with Crippen molar-refractivity contribution in [1.29, 1.82) is 0 Å². The summed E-state index contributed by atoms with van der Waals surface area (Å²) in [7, 11) is 1.60. The first-order valence-electron chi connectivity index (χ1n) is 11.5. The molecule has 2 aliphatic rings. The van der Waals surface area contributed by atoms with Crippen molar-refractivity contribution >= 4 is 5.82 Å². The van der Waals surface area contributed by atoms with Crippen LogP contribution in [0.25, 0.3) is 22.4 Å². The number of nitrogens with zero attached hydrogens (tertiary/aromatic N) is 5. The number of nitrogens with two attached hydrogens (primary N) is 1. The fourth-order valence-corrected chi connectivity index (χ4v) is 4.37. The number of ether oxygens (including phenoxy) is 3. The van der Waals surface area contributed by atoms with E-state index in [1.165, 1.54) is 0 Å². The SMILES string of the molecule is COCOc1cc(-c2cnn(C3CCCCO3)c2)ccc1-c1ccc(N2CCC(N)C2)nn1. The van der Waals surface area contributed by atoms with Crippen LogP contribution >= 0.6 is 0 Å².